The van der Waals surface area contributed by atoms with Gasteiger partial charge in [0.1, 0.15) is 0 Å². The summed E-state index contributed by atoms with van der Waals surface area (Å²) in [6.07, 6.45) is 1.84. The maximum absolute atomic E-state index is 13.6. The number of piperidine rings is 1. The molecule has 3 aromatic carbocycles. The Kier molecular flexibility index (Phi) is 7.00. The molecule has 0 bridgehead atoms. The van der Waals surface area contributed by atoms with Gasteiger partial charge in [-0.1, -0.05) is 36.4 Å². The van der Waals surface area contributed by atoms with Crippen molar-refractivity contribution in [1.82, 2.24) is 4.90 Å². The van der Waals surface area contributed by atoms with E-state index in [0.29, 0.717) is 11.1 Å². The van der Waals surface area contributed by atoms with E-state index < -0.39 is 0 Å². The fraction of sp³-hybridized carbons (Fsp3) is 0.231. The van der Waals surface area contributed by atoms with E-state index in [0.717, 1.165) is 41.7 Å². The summed E-state index contributed by atoms with van der Waals surface area (Å²) >= 11 is 2.28. The lowest BCUT2D eigenvalue weighted by Crippen LogP contribution is -2.47. The predicted octanol–water partition coefficient (Wildman–Crippen LogP) is 5.47. The summed E-state index contributed by atoms with van der Waals surface area (Å²) in [5, 5.41) is 9.25. The van der Waals surface area contributed by atoms with Crippen LogP contribution in [0.1, 0.15) is 34.3 Å². The molecule has 4 nitrogen and oxygen atoms in total. The minimum absolute atomic E-state index is 0.0418. The van der Waals surface area contributed by atoms with Crippen LogP contribution in [-0.2, 0) is 6.54 Å². The molecule has 0 saturated carbocycles. The van der Waals surface area contributed by atoms with Crippen LogP contribution in [0.5, 0.6) is 0 Å². The SMILES string of the molecule is N#Cc1cccc(C(=O)N(c2ccc(I)cc2)C2CCN(Cc3ccccc3)CC2)c1. The standard InChI is InChI=1S/C26H24IN3O/c27-23-9-11-24(12-10-23)30(26(31)22-8-4-7-21(17-22)18-28)25-13-15-29(16-14-25)19-20-5-2-1-3-6-20/h1-12,17,25H,13-16,19H2. The van der Waals surface area contributed by atoms with Crippen LogP contribution in [0.15, 0.2) is 78.9 Å². The van der Waals surface area contributed by atoms with Gasteiger partial charge in [0.2, 0.25) is 0 Å². The summed E-state index contributed by atoms with van der Waals surface area (Å²) in [6.45, 7) is 2.84. The Morgan fingerprint density at radius 3 is 2.39 bits per heavy atom. The number of carbonyl (C=O) groups excluding carboxylic acids is 1. The van der Waals surface area contributed by atoms with Gasteiger partial charge in [-0.2, -0.15) is 5.26 Å². The van der Waals surface area contributed by atoms with Crippen LogP contribution in [0, 0.1) is 14.9 Å². The Morgan fingerprint density at radius 2 is 1.71 bits per heavy atom. The summed E-state index contributed by atoms with van der Waals surface area (Å²) in [7, 11) is 0. The third-order valence-electron chi connectivity index (χ3n) is 5.73. The minimum Gasteiger partial charge on any atom is -0.305 e. The Morgan fingerprint density at radius 1 is 1.00 bits per heavy atom. The highest BCUT2D eigenvalue weighted by Gasteiger charge is 2.30. The molecule has 0 aromatic heterocycles. The van der Waals surface area contributed by atoms with E-state index in [-0.39, 0.29) is 11.9 Å². The largest absolute Gasteiger partial charge is 0.305 e. The predicted molar refractivity (Wildman–Crippen MR) is 132 cm³/mol. The number of benzene rings is 3. The number of rotatable bonds is 5. The summed E-state index contributed by atoms with van der Waals surface area (Å²) in [5.41, 5.74) is 3.30. The van der Waals surface area contributed by atoms with Crippen molar-refractivity contribution in [2.45, 2.75) is 25.4 Å². The summed E-state index contributed by atoms with van der Waals surface area (Å²) in [4.78, 5) is 18.0. The number of amides is 1. The van der Waals surface area contributed by atoms with Gasteiger partial charge in [-0.15, -0.1) is 0 Å². The smallest absolute Gasteiger partial charge is 0.258 e. The lowest BCUT2D eigenvalue weighted by atomic mass is 9.99. The van der Waals surface area contributed by atoms with E-state index in [1.807, 2.05) is 35.2 Å². The molecular formula is C26H24IN3O. The molecule has 156 valence electrons. The quantitative estimate of drug-likeness (QED) is 0.419. The molecule has 4 rings (SSSR count). The molecule has 1 saturated heterocycles. The molecular weight excluding hydrogens is 497 g/mol. The zero-order chi connectivity index (χ0) is 21.6. The first-order chi connectivity index (χ1) is 15.1. The molecule has 0 unspecified atom stereocenters. The summed E-state index contributed by atoms with van der Waals surface area (Å²) < 4.78 is 1.14. The molecule has 1 aliphatic heterocycles. The molecule has 1 aliphatic rings. The zero-order valence-corrected chi connectivity index (χ0v) is 19.4. The van der Waals surface area contributed by atoms with Crippen LogP contribution in [0.4, 0.5) is 5.69 Å². The van der Waals surface area contributed by atoms with Gasteiger partial charge >= 0.3 is 0 Å². The van der Waals surface area contributed by atoms with Crippen molar-refractivity contribution >= 4 is 34.2 Å². The van der Waals surface area contributed by atoms with Crippen molar-refractivity contribution in [3.8, 4) is 6.07 Å². The Bertz CT molecular complexity index is 1070. The molecule has 0 atom stereocenters. The molecule has 1 fully saturated rings. The van der Waals surface area contributed by atoms with Gasteiger partial charge < -0.3 is 4.90 Å². The maximum atomic E-state index is 13.6. The Hall–Kier alpha value is -2.69. The number of anilines is 1. The normalized spacial score (nSPS) is 14.7. The van der Waals surface area contributed by atoms with Gasteiger partial charge in [0, 0.05) is 40.5 Å². The highest BCUT2D eigenvalue weighted by Crippen LogP contribution is 2.27. The van der Waals surface area contributed by atoms with Gasteiger partial charge in [-0.05, 0) is 83.5 Å². The van der Waals surface area contributed by atoms with Crippen LogP contribution in [0.2, 0.25) is 0 Å². The third kappa shape index (κ3) is 5.33. The third-order valence-corrected chi connectivity index (χ3v) is 6.45. The Balaban J connectivity index is 1.54. The zero-order valence-electron chi connectivity index (χ0n) is 17.2. The average Bonchev–Trinajstić information content (AvgIpc) is 2.82. The maximum Gasteiger partial charge on any atom is 0.258 e. The summed E-state index contributed by atoms with van der Waals surface area (Å²) in [6, 6.07) is 27.9. The van der Waals surface area contributed by atoms with Crippen molar-refractivity contribution < 1.29 is 4.79 Å². The van der Waals surface area contributed by atoms with Crippen molar-refractivity contribution in [1.29, 1.82) is 5.26 Å². The van der Waals surface area contributed by atoms with E-state index >= 15 is 0 Å². The van der Waals surface area contributed by atoms with Gasteiger partial charge in [0.05, 0.1) is 11.6 Å². The van der Waals surface area contributed by atoms with Crippen molar-refractivity contribution in [3.63, 3.8) is 0 Å². The van der Waals surface area contributed by atoms with E-state index in [9.17, 15) is 10.1 Å². The molecule has 0 radical (unpaired) electrons. The molecule has 0 spiro atoms. The average molecular weight is 521 g/mol. The number of likely N-dealkylation sites (tertiary alicyclic amines) is 1. The second-order valence-corrected chi connectivity index (χ2v) is 9.08. The number of nitriles is 1. The van der Waals surface area contributed by atoms with E-state index in [1.54, 1.807) is 24.3 Å². The van der Waals surface area contributed by atoms with Crippen molar-refractivity contribution in [2.75, 3.05) is 18.0 Å². The lowest BCUT2D eigenvalue weighted by Gasteiger charge is -2.38. The van der Waals surface area contributed by atoms with Crippen LogP contribution < -0.4 is 4.90 Å². The van der Waals surface area contributed by atoms with Gasteiger partial charge in [-0.3, -0.25) is 9.69 Å². The van der Waals surface area contributed by atoms with E-state index in [4.69, 9.17) is 0 Å². The Labute approximate surface area is 197 Å². The lowest BCUT2D eigenvalue weighted by molar-refractivity contribution is 0.0958. The molecule has 31 heavy (non-hydrogen) atoms. The minimum atomic E-state index is -0.0418. The van der Waals surface area contributed by atoms with E-state index in [1.165, 1.54) is 5.56 Å². The van der Waals surface area contributed by atoms with Gasteiger partial charge in [0.25, 0.3) is 5.91 Å². The molecule has 3 aromatic rings. The molecule has 0 aliphatic carbocycles. The fourth-order valence-electron chi connectivity index (χ4n) is 4.13. The number of carbonyl (C=O) groups is 1. The number of halogens is 1. The van der Waals surface area contributed by atoms with Crippen LogP contribution in [-0.4, -0.2) is 29.9 Å². The first-order valence-electron chi connectivity index (χ1n) is 10.5. The van der Waals surface area contributed by atoms with E-state index in [2.05, 4.69) is 57.8 Å². The molecule has 5 heteroatoms. The number of hydrogen-bond donors (Lipinski definition) is 0. The first-order valence-corrected chi connectivity index (χ1v) is 11.6. The van der Waals surface area contributed by atoms with Gasteiger partial charge in [0.15, 0.2) is 0 Å². The number of hydrogen-bond acceptors (Lipinski definition) is 3. The van der Waals surface area contributed by atoms with Crippen LogP contribution in [0.3, 0.4) is 0 Å². The first kappa shape index (κ1) is 21.5. The number of nitrogens with zero attached hydrogens (tertiary/aromatic N) is 3. The monoisotopic (exact) mass is 521 g/mol. The molecule has 1 amide bonds. The second-order valence-electron chi connectivity index (χ2n) is 7.84. The van der Waals surface area contributed by atoms with Crippen molar-refractivity contribution in [2.24, 2.45) is 0 Å². The summed E-state index contributed by atoms with van der Waals surface area (Å²) in [5.74, 6) is -0.0418. The highest BCUT2D eigenvalue weighted by atomic mass is 127. The fourth-order valence-corrected chi connectivity index (χ4v) is 4.49. The van der Waals surface area contributed by atoms with Crippen LogP contribution >= 0.6 is 22.6 Å². The molecule has 0 N–H and O–H groups in total. The topological polar surface area (TPSA) is 47.3 Å². The van der Waals surface area contributed by atoms with Gasteiger partial charge in [-0.25, -0.2) is 0 Å². The highest BCUT2D eigenvalue weighted by molar-refractivity contribution is 14.1. The van der Waals surface area contributed by atoms with Crippen molar-refractivity contribution in [3.05, 3.63) is 99.1 Å². The molecule has 1 heterocycles. The van der Waals surface area contributed by atoms with Crippen LogP contribution in [0.25, 0.3) is 0 Å². The second kappa shape index (κ2) is 10.1.